The van der Waals surface area contributed by atoms with Gasteiger partial charge in [-0.1, -0.05) is 27.7 Å². The molecule has 0 aliphatic rings. The number of rotatable bonds is 5. The van der Waals surface area contributed by atoms with Crippen LogP contribution in [0.4, 0.5) is 5.69 Å². The smallest absolute Gasteiger partial charge is 0.287 e. The lowest BCUT2D eigenvalue weighted by atomic mass is 9.85. The number of furan rings is 1. The van der Waals surface area contributed by atoms with Crippen molar-refractivity contribution >= 4 is 22.6 Å². The Labute approximate surface area is 125 Å². The van der Waals surface area contributed by atoms with Crippen LogP contribution in [0, 0.1) is 17.8 Å². The zero-order chi connectivity index (χ0) is 15.6. The molecule has 0 aliphatic heterocycles. The second-order valence-electron chi connectivity index (χ2n) is 6.27. The van der Waals surface area contributed by atoms with E-state index in [4.69, 9.17) is 10.2 Å². The van der Waals surface area contributed by atoms with Gasteiger partial charge in [0.15, 0.2) is 5.76 Å². The summed E-state index contributed by atoms with van der Waals surface area (Å²) in [6.07, 6.45) is 0. The Bertz CT molecular complexity index is 621. The molecule has 0 saturated carbocycles. The van der Waals surface area contributed by atoms with E-state index in [0.717, 1.165) is 5.39 Å². The number of hydrogen-bond acceptors (Lipinski definition) is 3. The van der Waals surface area contributed by atoms with Crippen molar-refractivity contribution in [2.24, 2.45) is 17.8 Å². The van der Waals surface area contributed by atoms with Crippen LogP contribution in [0.5, 0.6) is 0 Å². The first-order valence-electron chi connectivity index (χ1n) is 7.45. The van der Waals surface area contributed by atoms with Crippen LogP contribution in [0.25, 0.3) is 11.0 Å². The normalized spacial score (nSPS) is 11.8. The molecule has 1 aromatic carbocycles. The fourth-order valence-corrected chi connectivity index (χ4v) is 2.71. The summed E-state index contributed by atoms with van der Waals surface area (Å²) in [5, 5.41) is 3.82. The zero-order valence-electron chi connectivity index (χ0n) is 13.1. The first-order valence-corrected chi connectivity index (χ1v) is 7.45. The largest absolute Gasteiger partial charge is 0.451 e. The number of fused-ring (bicyclic) bond motifs is 1. The van der Waals surface area contributed by atoms with E-state index in [9.17, 15) is 4.79 Å². The van der Waals surface area contributed by atoms with Crippen LogP contribution in [-0.2, 0) is 0 Å². The fourth-order valence-electron chi connectivity index (χ4n) is 2.71. The predicted molar refractivity (Wildman–Crippen MR) is 86.1 cm³/mol. The number of benzene rings is 1. The van der Waals surface area contributed by atoms with E-state index >= 15 is 0 Å². The van der Waals surface area contributed by atoms with E-state index in [2.05, 4.69) is 33.0 Å². The third-order valence-electron chi connectivity index (χ3n) is 3.98. The fraction of sp³-hybridized carbons (Fsp3) is 0.471. The Morgan fingerprint density at radius 2 is 1.86 bits per heavy atom. The number of nitrogen functional groups attached to an aromatic ring is 1. The molecule has 0 unspecified atom stereocenters. The van der Waals surface area contributed by atoms with Gasteiger partial charge in [-0.05, 0) is 42.0 Å². The van der Waals surface area contributed by atoms with Crippen molar-refractivity contribution in [1.82, 2.24) is 5.32 Å². The van der Waals surface area contributed by atoms with Crippen LogP contribution in [0.15, 0.2) is 28.7 Å². The molecule has 0 radical (unpaired) electrons. The Morgan fingerprint density at radius 1 is 1.19 bits per heavy atom. The van der Waals surface area contributed by atoms with Crippen LogP contribution in [0.3, 0.4) is 0 Å². The number of carbonyl (C=O) groups excluding carboxylic acids is 1. The average molecular weight is 288 g/mol. The molecule has 1 amide bonds. The van der Waals surface area contributed by atoms with Gasteiger partial charge >= 0.3 is 0 Å². The van der Waals surface area contributed by atoms with E-state index in [1.54, 1.807) is 24.3 Å². The molecule has 0 saturated heterocycles. The molecule has 0 atom stereocenters. The third-order valence-corrected chi connectivity index (χ3v) is 3.98. The van der Waals surface area contributed by atoms with E-state index in [-0.39, 0.29) is 5.91 Å². The molecule has 2 aromatic rings. The maximum absolute atomic E-state index is 12.2. The van der Waals surface area contributed by atoms with Crippen LogP contribution >= 0.6 is 0 Å². The molecular formula is C17H24N2O2. The lowest BCUT2D eigenvalue weighted by Gasteiger charge is -2.24. The molecule has 2 rings (SSSR count). The van der Waals surface area contributed by atoms with E-state index in [1.165, 1.54) is 0 Å². The van der Waals surface area contributed by atoms with Gasteiger partial charge in [-0.3, -0.25) is 4.79 Å². The number of anilines is 1. The maximum atomic E-state index is 12.2. The number of hydrogen-bond donors (Lipinski definition) is 2. The predicted octanol–water partition coefficient (Wildman–Crippen LogP) is 3.67. The minimum Gasteiger partial charge on any atom is -0.451 e. The average Bonchev–Trinajstić information content (AvgIpc) is 2.80. The summed E-state index contributed by atoms with van der Waals surface area (Å²) in [6, 6.07) is 7.09. The van der Waals surface area contributed by atoms with Crippen molar-refractivity contribution in [2.75, 3.05) is 12.3 Å². The zero-order valence-corrected chi connectivity index (χ0v) is 13.1. The Hall–Kier alpha value is -1.97. The van der Waals surface area contributed by atoms with Crippen molar-refractivity contribution in [2.45, 2.75) is 27.7 Å². The van der Waals surface area contributed by atoms with Gasteiger partial charge in [0.1, 0.15) is 5.58 Å². The van der Waals surface area contributed by atoms with Crippen LogP contribution < -0.4 is 11.1 Å². The van der Waals surface area contributed by atoms with Gasteiger partial charge in [0, 0.05) is 17.6 Å². The summed E-state index contributed by atoms with van der Waals surface area (Å²) >= 11 is 0. The maximum Gasteiger partial charge on any atom is 0.287 e. The van der Waals surface area contributed by atoms with E-state index in [0.29, 0.717) is 41.3 Å². The topological polar surface area (TPSA) is 68.3 Å². The van der Waals surface area contributed by atoms with E-state index in [1.807, 2.05) is 0 Å². The summed E-state index contributed by atoms with van der Waals surface area (Å²) in [7, 11) is 0. The van der Waals surface area contributed by atoms with E-state index < -0.39 is 0 Å². The van der Waals surface area contributed by atoms with Crippen molar-refractivity contribution in [3.63, 3.8) is 0 Å². The van der Waals surface area contributed by atoms with Crippen molar-refractivity contribution in [1.29, 1.82) is 0 Å². The molecule has 0 spiro atoms. The quantitative estimate of drug-likeness (QED) is 0.825. The second-order valence-corrected chi connectivity index (χ2v) is 6.27. The van der Waals surface area contributed by atoms with Gasteiger partial charge in [-0.15, -0.1) is 0 Å². The monoisotopic (exact) mass is 288 g/mol. The number of nitrogens with two attached hydrogens (primary N) is 1. The molecule has 4 nitrogen and oxygen atoms in total. The summed E-state index contributed by atoms with van der Waals surface area (Å²) in [5.74, 6) is 1.67. The van der Waals surface area contributed by atoms with Gasteiger partial charge in [0.2, 0.25) is 0 Å². The molecule has 0 fully saturated rings. The highest BCUT2D eigenvalue weighted by atomic mass is 16.3. The highest BCUT2D eigenvalue weighted by molar-refractivity contribution is 5.96. The Kier molecular flexibility index (Phi) is 4.56. The van der Waals surface area contributed by atoms with Gasteiger partial charge in [-0.25, -0.2) is 0 Å². The first kappa shape index (κ1) is 15.4. The van der Waals surface area contributed by atoms with Gasteiger partial charge in [-0.2, -0.15) is 0 Å². The molecule has 0 bridgehead atoms. The molecule has 3 N–H and O–H groups in total. The number of amides is 1. The molecule has 114 valence electrons. The number of nitrogens with one attached hydrogen (secondary N) is 1. The highest BCUT2D eigenvalue weighted by Crippen LogP contribution is 2.22. The molecular weight excluding hydrogens is 264 g/mol. The molecule has 1 heterocycles. The van der Waals surface area contributed by atoms with Crippen molar-refractivity contribution < 1.29 is 9.21 Å². The van der Waals surface area contributed by atoms with Crippen molar-refractivity contribution in [3.8, 4) is 0 Å². The summed E-state index contributed by atoms with van der Waals surface area (Å²) < 4.78 is 5.57. The van der Waals surface area contributed by atoms with Gasteiger partial charge < -0.3 is 15.5 Å². The summed E-state index contributed by atoms with van der Waals surface area (Å²) in [5.41, 5.74) is 7.07. The number of carbonyl (C=O) groups is 1. The molecule has 4 heteroatoms. The second kappa shape index (κ2) is 6.20. The van der Waals surface area contributed by atoms with Crippen LogP contribution in [-0.4, -0.2) is 12.5 Å². The van der Waals surface area contributed by atoms with Gasteiger partial charge in [0.05, 0.1) is 0 Å². The molecule has 21 heavy (non-hydrogen) atoms. The minimum absolute atomic E-state index is 0.170. The van der Waals surface area contributed by atoms with Crippen molar-refractivity contribution in [3.05, 3.63) is 30.0 Å². The Morgan fingerprint density at radius 3 is 2.48 bits per heavy atom. The summed E-state index contributed by atoms with van der Waals surface area (Å²) in [6.45, 7) is 9.39. The highest BCUT2D eigenvalue weighted by Gasteiger charge is 2.19. The third kappa shape index (κ3) is 3.57. The minimum atomic E-state index is -0.170. The lowest BCUT2D eigenvalue weighted by Crippen LogP contribution is -2.33. The lowest BCUT2D eigenvalue weighted by molar-refractivity contribution is 0.0911. The Balaban J connectivity index is 2.08. The van der Waals surface area contributed by atoms with Crippen LogP contribution in [0.1, 0.15) is 38.2 Å². The molecule has 1 aromatic heterocycles. The van der Waals surface area contributed by atoms with Crippen LogP contribution in [0.2, 0.25) is 0 Å². The summed E-state index contributed by atoms with van der Waals surface area (Å²) in [4.78, 5) is 12.2. The SMILES string of the molecule is CC(C)C(CNC(=O)c1cc2cc(N)ccc2o1)C(C)C. The standard InChI is InChI=1S/C17H24N2O2/c1-10(2)14(11(3)4)9-19-17(20)16-8-12-7-13(18)5-6-15(12)21-16/h5-8,10-11,14H,9,18H2,1-4H3,(H,19,20). The van der Waals surface area contributed by atoms with Gasteiger partial charge in [0.25, 0.3) is 5.91 Å². The first-order chi connectivity index (χ1) is 9.88. The molecule has 0 aliphatic carbocycles.